The number of nitrogens with zero attached hydrogens (tertiary/aromatic N) is 1. The second kappa shape index (κ2) is 12.8. The second-order valence-electron chi connectivity index (χ2n) is 10.1. The van der Waals surface area contributed by atoms with Gasteiger partial charge in [0.05, 0.1) is 17.5 Å². The van der Waals surface area contributed by atoms with Gasteiger partial charge in [0, 0.05) is 30.4 Å². The summed E-state index contributed by atoms with van der Waals surface area (Å²) >= 11 is 0. The summed E-state index contributed by atoms with van der Waals surface area (Å²) in [5.74, 6) is -1.57. The molecule has 0 spiro atoms. The molecule has 1 unspecified atom stereocenters. The number of benzene rings is 3. The molecule has 7 nitrogen and oxygen atoms in total. The highest BCUT2D eigenvalue weighted by molar-refractivity contribution is 5.94. The van der Waals surface area contributed by atoms with Crippen molar-refractivity contribution in [2.75, 3.05) is 11.9 Å². The van der Waals surface area contributed by atoms with E-state index in [2.05, 4.69) is 10.6 Å². The molecule has 0 saturated heterocycles. The molecule has 3 N–H and O–H groups in total. The van der Waals surface area contributed by atoms with Crippen molar-refractivity contribution in [1.29, 1.82) is 0 Å². The molecule has 3 aromatic rings. The van der Waals surface area contributed by atoms with Gasteiger partial charge in [-0.3, -0.25) is 9.59 Å². The molecule has 1 aliphatic rings. The summed E-state index contributed by atoms with van der Waals surface area (Å²) in [6.45, 7) is -0.122. The number of aliphatic carboxylic acids is 1. The second-order valence-corrected chi connectivity index (χ2v) is 10.1. The summed E-state index contributed by atoms with van der Waals surface area (Å²) < 4.78 is 80.4. The highest BCUT2D eigenvalue weighted by atomic mass is 19.4. The van der Waals surface area contributed by atoms with Crippen molar-refractivity contribution in [1.82, 2.24) is 10.2 Å². The maximum Gasteiger partial charge on any atom is 0.416 e. The number of amides is 3. The Balaban J connectivity index is 1.60. The number of alkyl halides is 6. The van der Waals surface area contributed by atoms with E-state index in [4.69, 9.17) is 5.11 Å². The van der Waals surface area contributed by atoms with E-state index in [1.165, 1.54) is 17.0 Å². The van der Waals surface area contributed by atoms with Crippen LogP contribution in [0.5, 0.6) is 0 Å². The molecular formula is C30H27F6N3O4. The lowest BCUT2D eigenvalue weighted by atomic mass is 9.87. The van der Waals surface area contributed by atoms with E-state index in [-0.39, 0.29) is 31.1 Å². The normalized spacial score (nSPS) is 14.9. The van der Waals surface area contributed by atoms with Crippen LogP contribution in [0.3, 0.4) is 0 Å². The molecule has 0 fully saturated rings. The van der Waals surface area contributed by atoms with Gasteiger partial charge in [0.15, 0.2) is 0 Å². The van der Waals surface area contributed by atoms with Gasteiger partial charge in [0.25, 0.3) is 5.91 Å². The number of urea groups is 1. The van der Waals surface area contributed by atoms with Crippen molar-refractivity contribution in [2.45, 2.75) is 50.6 Å². The van der Waals surface area contributed by atoms with E-state index in [0.717, 1.165) is 11.1 Å². The fraction of sp³-hybridized carbons (Fsp3) is 0.300. The third kappa shape index (κ3) is 8.27. The van der Waals surface area contributed by atoms with Gasteiger partial charge in [-0.2, -0.15) is 26.3 Å². The number of carboxylic acid groups (broad SMARTS) is 1. The van der Waals surface area contributed by atoms with Gasteiger partial charge < -0.3 is 20.6 Å². The average molecular weight is 608 g/mol. The van der Waals surface area contributed by atoms with E-state index in [1.54, 1.807) is 12.1 Å². The average Bonchev–Trinajstić information content (AvgIpc) is 2.94. The summed E-state index contributed by atoms with van der Waals surface area (Å²) in [7, 11) is 0. The summed E-state index contributed by atoms with van der Waals surface area (Å²) in [4.78, 5) is 37.9. The van der Waals surface area contributed by atoms with Gasteiger partial charge in [-0.1, -0.05) is 36.4 Å². The number of halogens is 6. The number of anilines is 1. The first kappa shape index (κ1) is 31.4. The van der Waals surface area contributed by atoms with Crippen LogP contribution in [0.15, 0.2) is 66.7 Å². The molecular weight excluding hydrogens is 580 g/mol. The highest BCUT2D eigenvalue weighted by Gasteiger charge is 2.37. The number of hydrogen-bond donors (Lipinski definition) is 3. The van der Waals surface area contributed by atoms with Gasteiger partial charge in [0.1, 0.15) is 0 Å². The number of carbonyl (C=O) groups excluding carboxylic acids is 2. The molecule has 0 saturated carbocycles. The molecule has 1 aliphatic carbocycles. The first-order valence-corrected chi connectivity index (χ1v) is 13.2. The van der Waals surface area contributed by atoms with E-state index < -0.39 is 53.1 Å². The van der Waals surface area contributed by atoms with Crippen molar-refractivity contribution in [3.63, 3.8) is 0 Å². The van der Waals surface area contributed by atoms with Crippen molar-refractivity contribution in [3.05, 3.63) is 100 Å². The van der Waals surface area contributed by atoms with Crippen molar-refractivity contribution in [2.24, 2.45) is 0 Å². The van der Waals surface area contributed by atoms with E-state index >= 15 is 0 Å². The lowest BCUT2D eigenvalue weighted by Crippen LogP contribution is -2.45. The molecule has 228 valence electrons. The Bertz CT molecular complexity index is 1460. The number of carbonyl (C=O) groups is 3. The minimum atomic E-state index is -5.07. The van der Waals surface area contributed by atoms with Gasteiger partial charge in [-0.25, -0.2) is 4.79 Å². The quantitative estimate of drug-likeness (QED) is 0.254. The predicted octanol–water partition coefficient (Wildman–Crippen LogP) is 6.52. The zero-order chi connectivity index (χ0) is 31.4. The number of carboxylic acids is 1. The van der Waals surface area contributed by atoms with Gasteiger partial charge in [-0.15, -0.1) is 0 Å². The zero-order valence-corrected chi connectivity index (χ0v) is 22.6. The Morgan fingerprint density at radius 3 is 2.05 bits per heavy atom. The molecule has 0 heterocycles. The number of nitrogens with one attached hydrogen (secondary N) is 2. The molecule has 13 heteroatoms. The minimum absolute atomic E-state index is 0.00906. The number of hydrogen-bond acceptors (Lipinski definition) is 3. The highest BCUT2D eigenvalue weighted by Crippen LogP contribution is 2.38. The maximum atomic E-state index is 13.5. The standard InChI is InChI=1S/C30H27F6N3O4/c31-29(32,33)22-14-23(30(34,35)36)16-24(15-22)38-28(43)39(25-10-9-19-3-1-2-4-21(19)13-25)17-18-5-7-20(8-6-18)27(42)37-12-11-26(40)41/h1-8,14-16,25H,9-13,17H2,(H,37,42)(H,38,43)(H,40,41). The Hall–Kier alpha value is -4.55. The molecule has 43 heavy (non-hydrogen) atoms. The van der Waals surface area contributed by atoms with Crippen LogP contribution in [-0.4, -0.2) is 40.5 Å². The summed E-state index contributed by atoms with van der Waals surface area (Å²) in [6, 6.07) is 13.2. The minimum Gasteiger partial charge on any atom is -0.481 e. The fourth-order valence-corrected chi connectivity index (χ4v) is 4.88. The van der Waals surface area contributed by atoms with E-state index in [0.29, 0.717) is 37.0 Å². The molecule has 3 aromatic carbocycles. The molecule has 1 atom stereocenters. The largest absolute Gasteiger partial charge is 0.481 e. The van der Waals surface area contributed by atoms with Crippen LogP contribution in [0, 0.1) is 0 Å². The Kier molecular flexibility index (Phi) is 9.31. The lowest BCUT2D eigenvalue weighted by molar-refractivity contribution is -0.143. The Morgan fingerprint density at radius 1 is 0.860 bits per heavy atom. The first-order chi connectivity index (χ1) is 20.2. The molecule has 3 amide bonds. The SMILES string of the molecule is O=C(O)CCNC(=O)c1ccc(CN(C(=O)Nc2cc(C(F)(F)F)cc(C(F)(F)F)c2)C2CCc3ccccc3C2)cc1. The van der Waals surface area contributed by atoms with Gasteiger partial charge in [-0.05, 0) is 66.3 Å². The van der Waals surface area contributed by atoms with Crippen LogP contribution in [0.2, 0.25) is 0 Å². The molecule has 0 aliphatic heterocycles. The van der Waals surface area contributed by atoms with Crippen LogP contribution in [-0.2, 0) is 36.5 Å². The van der Waals surface area contributed by atoms with Crippen molar-refractivity contribution in [3.8, 4) is 0 Å². The molecule has 4 rings (SSSR count). The molecule has 0 aromatic heterocycles. The van der Waals surface area contributed by atoms with Crippen LogP contribution < -0.4 is 10.6 Å². The fourth-order valence-electron chi connectivity index (χ4n) is 4.88. The summed E-state index contributed by atoms with van der Waals surface area (Å²) in [5, 5.41) is 13.4. The lowest BCUT2D eigenvalue weighted by Gasteiger charge is -2.35. The van der Waals surface area contributed by atoms with E-state index in [9.17, 15) is 40.7 Å². The maximum absolute atomic E-state index is 13.5. The third-order valence-corrected chi connectivity index (χ3v) is 7.05. The first-order valence-electron chi connectivity index (χ1n) is 13.2. The predicted molar refractivity (Wildman–Crippen MR) is 144 cm³/mol. The monoisotopic (exact) mass is 607 g/mol. The van der Waals surface area contributed by atoms with Crippen molar-refractivity contribution >= 4 is 23.6 Å². The molecule has 0 bridgehead atoms. The summed E-state index contributed by atoms with van der Waals surface area (Å²) in [5.41, 5.74) is -0.896. The van der Waals surface area contributed by atoms with Crippen LogP contribution in [0.1, 0.15) is 51.0 Å². The molecule has 0 radical (unpaired) electrons. The third-order valence-electron chi connectivity index (χ3n) is 7.05. The number of fused-ring (bicyclic) bond motifs is 1. The van der Waals surface area contributed by atoms with Crippen molar-refractivity contribution < 1.29 is 45.8 Å². The van der Waals surface area contributed by atoms with E-state index in [1.807, 2.05) is 24.3 Å². The summed E-state index contributed by atoms with van der Waals surface area (Å²) in [6.07, 6.45) is -8.87. The van der Waals surface area contributed by atoms with Gasteiger partial charge in [0.2, 0.25) is 0 Å². The van der Waals surface area contributed by atoms with Crippen LogP contribution >= 0.6 is 0 Å². The number of rotatable bonds is 8. The van der Waals surface area contributed by atoms with Crippen LogP contribution in [0.25, 0.3) is 0 Å². The zero-order valence-electron chi connectivity index (χ0n) is 22.6. The number of aryl methyl sites for hydroxylation is 1. The Labute approximate surface area is 242 Å². The Morgan fingerprint density at radius 2 is 1.47 bits per heavy atom. The van der Waals surface area contributed by atoms with Gasteiger partial charge >= 0.3 is 24.4 Å². The topological polar surface area (TPSA) is 98.7 Å². The smallest absolute Gasteiger partial charge is 0.416 e. The van der Waals surface area contributed by atoms with Crippen LogP contribution in [0.4, 0.5) is 36.8 Å².